The van der Waals surface area contributed by atoms with Crippen LogP contribution in [0.1, 0.15) is 44.0 Å². The van der Waals surface area contributed by atoms with Crippen molar-refractivity contribution in [2.75, 3.05) is 26.2 Å². The molecule has 4 rings (SSSR count). The molecular weight excluding hydrogens is 318 g/mol. The van der Waals surface area contributed by atoms with E-state index in [1.54, 1.807) is 6.20 Å². The average molecular weight is 345 g/mol. The molecule has 3 fully saturated rings. The standard InChI is InChI=1S/C18H27N5O2/c1-21-8-7-20-17(21)15-11-19-6-9-22(15)18(25)13-10-16(24)23(12-13)14-4-2-3-5-14/h7-8,13-15,19H,2-6,9-12H2,1H3. The first-order valence-corrected chi connectivity index (χ1v) is 9.43. The highest BCUT2D eigenvalue weighted by Crippen LogP contribution is 2.32. The van der Waals surface area contributed by atoms with E-state index in [-0.39, 0.29) is 23.8 Å². The molecule has 2 unspecified atom stereocenters. The Kier molecular flexibility index (Phi) is 4.50. The lowest BCUT2D eigenvalue weighted by Crippen LogP contribution is -2.51. The van der Waals surface area contributed by atoms with Crippen molar-refractivity contribution in [3.8, 4) is 0 Å². The molecule has 7 nitrogen and oxygen atoms in total. The lowest BCUT2D eigenvalue weighted by molar-refractivity contribution is -0.139. The molecule has 0 aromatic carbocycles. The van der Waals surface area contributed by atoms with Crippen LogP contribution in [0, 0.1) is 5.92 Å². The Labute approximate surface area is 148 Å². The minimum absolute atomic E-state index is 0.0584. The van der Waals surface area contributed by atoms with Gasteiger partial charge in [0, 0.05) is 58.1 Å². The van der Waals surface area contributed by atoms with Crippen molar-refractivity contribution in [3.05, 3.63) is 18.2 Å². The summed E-state index contributed by atoms with van der Waals surface area (Å²) in [7, 11) is 1.96. The molecule has 0 bridgehead atoms. The number of aryl methyl sites for hydroxylation is 1. The van der Waals surface area contributed by atoms with E-state index >= 15 is 0 Å². The van der Waals surface area contributed by atoms with E-state index in [1.165, 1.54) is 12.8 Å². The summed E-state index contributed by atoms with van der Waals surface area (Å²) in [6, 6.07) is 0.301. The van der Waals surface area contributed by atoms with Gasteiger partial charge in [0.2, 0.25) is 11.8 Å². The maximum absolute atomic E-state index is 13.2. The lowest BCUT2D eigenvalue weighted by Gasteiger charge is -2.37. The molecule has 7 heteroatoms. The Hall–Kier alpha value is -1.89. The van der Waals surface area contributed by atoms with Gasteiger partial charge in [-0.05, 0) is 12.8 Å². The van der Waals surface area contributed by atoms with Gasteiger partial charge in [0.1, 0.15) is 11.9 Å². The van der Waals surface area contributed by atoms with Crippen LogP contribution in [0.4, 0.5) is 0 Å². The number of nitrogens with one attached hydrogen (secondary N) is 1. The first kappa shape index (κ1) is 16.6. The largest absolute Gasteiger partial charge is 0.339 e. The number of imidazole rings is 1. The summed E-state index contributed by atoms with van der Waals surface area (Å²) >= 11 is 0. The predicted molar refractivity (Wildman–Crippen MR) is 92.6 cm³/mol. The summed E-state index contributed by atoms with van der Waals surface area (Å²) in [5, 5.41) is 3.36. The number of hydrogen-bond acceptors (Lipinski definition) is 4. The Morgan fingerprint density at radius 3 is 2.84 bits per heavy atom. The third-order valence-corrected chi connectivity index (χ3v) is 5.96. The maximum Gasteiger partial charge on any atom is 0.228 e. The molecule has 2 aliphatic heterocycles. The molecule has 1 aromatic rings. The van der Waals surface area contributed by atoms with Gasteiger partial charge in [-0.3, -0.25) is 9.59 Å². The van der Waals surface area contributed by atoms with Crippen molar-refractivity contribution in [2.24, 2.45) is 13.0 Å². The number of amides is 2. The number of carbonyl (C=O) groups is 2. The number of nitrogens with zero attached hydrogens (tertiary/aromatic N) is 4. The summed E-state index contributed by atoms with van der Waals surface area (Å²) in [6.07, 6.45) is 8.64. The molecule has 0 spiro atoms. The number of piperazine rings is 1. The second-order valence-corrected chi connectivity index (χ2v) is 7.53. The van der Waals surface area contributed by atoms with Crippen LogP contribution < -0.4 is 5.32 Å². The Balaban J connectivity index is 1.49. The van der Waals surface area contributed by atoms with Gasteiger partial charge in [0.15, 0.2) is 0 Å². The summed E-state index contributed by atoms with van der Waals surface area (Å²) in [5.41, 5.74) is 0. The number of likely N-dealkylation sites (tertiary alicyclic amines) is 1. The quantitative estimate of drug-likeness (QED) is 0.875. The minimum atomic E-state index is -0.200. The monoisotopic (exact) mass is 345 g/mol. The third kappa shape index (κ3) is 3.05. The van der Waals surface area contributed by atoms with E-state index in [0.717, 1.165) is 25.2 Å². The molecule has 1 saturated carbocycles. The molecule has 1 aromatic heterocycles. The Bertz CT molecular complexity index is 652. The molecule has 2 amide bonds. The molecule has 1 N–H and O–H groups in total. The summed E-state index contributed by atoms with van der Waals surface area (Å²) in [4.78, 5) is 34.0. The normalized spacial score (nSPS) is 28.1. The minimum Gasteiger partial charge on any atom is -0.339 e. The third-order valence-electron chi connectivity index (χ3n) is 5.96. The van der Waals surface area contributed by atoms with E-state index in [9.17, 15) is 9.59 Å². The molecule has 1 aliphatic carbocycles. The van der Waals surface area contributed by atoms with Crippen molar-refractivity contribution in [3.63, 3.8) is 0 Å². The van der Waals surface area contributed by atoms with Gasteiger partial charge in [-0.25, -0.2) is 4.98 Å². The van der Waals surface area contributed by atoms with Gasteiger partial charge >= 0.3 is 0 Å². The van der Waals surface area contributed by atoms with Gasteiger partial charge in [-0.2, -0.15) is 0 Å². The van der Waals surface area contributed by atoms with Gasteiger partial charge in [0.05, 0.1) is 5.92 Å². The molecule has 2 atom stereocenters. The zero-order valence-corrected chi connectivity index (χ0v) is 14.9. The molecule has 2 saturated heterocycles. The fraction of sp³-hybridized carbons (Fsp3) is 0.722. The van der Waals surface area contributed by atoms with E-state index in [2.05, 4.69) is 10.3 Å². The van der Waals surface area contributed by atoms with Crippen molar-refractivity contribution in [1.29, 1.82) is 0 Å². The highest BCUT2D eigenvalue weighted by Gasteiger charge is 2.42. The molecule has 3 aliphatic rings. The highest BCUT2D eigenvalue weighted by molar-refractivity contribution is 5.89. The smallest absolute Gasteiger partial charge is 0.228 e. The van der Waals surface area contributed by atoms with Gasteiger partial charge < -0.3 is 19.7 Å². The SMILES string of the molecule is Cn1ccnc1C1CNCCN1C(=O)C1CC(=O)N(C2CCCC2)C1. The van der Waals surface area contributed by atoms with Crippen LogP contribution in [0.2, 0.25) is 0 Å². The van der Waals surface area contributed by atoms with Crippen molar-refractivity contribution < 1.29 is 9.59 Å². The van der Waals surface area contributed by atoms with Gasteiger partial charge in [0.25, 0.3) is 0 Å². The predicted octanol–water partition coefficient (Wildman–Crippen LogP) is 0.684. The molecule has 25 heavy (non-hydrogen) atoms. The first-order valence-electron chi connectivity index (χ1n) is 9.43. The zero-order valence-electron chi connectivity index (χ0n) is 14.9. The van der Waals surface area contributed by atoms with Crippen LogP contribution in [0.25, 0.3) is 0 Å². The van der Waals surface area contributed by atoms with Crippen molar-refractivity contribution >= 4 is 11.8 Å². The van der Waals surface area contributed by atoms with Crippen LogP contribution in [-0.2, 0) is 16.6 Å². The zero-order chi connectivity index (χ0) is 17.4. The van der Waals surface area contributed by atoms with Crippen molar-refractivity contribution in [2.45, 2.75) is 44.2 Å². The molecular formula is C18H27N5O2. The number of carbonyl (C=O) groups excluding carboxylic acids is 2. The van der Waals surface area contributed by atoms with E-state index < -0.39 is 0 Å². The summed E-state index contributed by atoms with van der Waals surface area (Å²) in [6.45, 7) is 2.77. The second kappa shape index (κ2) is 6.78. The van der Waals surface area contributed by atoms with E-state index in [4.69, 9.17) is 0 Å². The molecule has 136 valence electrons. The fourth-order valence-corrected chi connectivity index (χ4v) is 4.60. The number of rotatable bonds is 3. The van der Waals surface area contributed by atoms with E-state index in [0.29, 0.717) is 32.1 Å². The van der Waals surface area contributed by atoms with Crippen LogP contribution in [0.5, 0.6) is 0 Å². The highest BCUT2D eigenvalue weighted by atomic mass is 16.2. The molecule has 3 heterocycles. The topological polar surface area (TPSA) is 70.5 Å². The fourth-order valence-electron chi connectivity index (χ4n) is 4.60. The Morgan fingerprint density at radius 2 is 2.12 bits per heavy atom. The summed E-state index contributed by atoms with van der Waals surface area (Å²) in [5.74, 6) is 0.976. The van der Waals surface area contributed by atoms with Crippen LogP contribution in [-0.4, -0.2) is 63.4 Å². The van der Waals surface area contributed by atoms with Crippen LogP contribution >= 0.6 is 0 Å². The van der Waals surface area contributed by atoms with Crippen LogP contribution in [0.15, 0.2) is 12.4 Å². The average Bonchev–Trinajstić information content (AvgIpc) is 3.35. The van der Waals surface area contributed by atoms with Crippen molar-refractivity contribution in [1.82, 2.24) is 24.7 Å². The van der Waals surface area contributed by atoms with E-state index in [1.807, 2.05) is 27.6 Å². The maximum atomic E-state index is 13.2. The lowest BCUT2D eigenvalue weighted by atomic mass is 10.0. The summed E-state index contributed by atoms with van der Waals surface area (Å²) < 4.78 is 1.97. The molecule has 0 radical (unpaired) electrons. The van der Waals surface area contributed by atoms with Crippen LogP contribution in [0.3, 0.4) is 0 Å². The first-order chi connectivity index (χ1) is 12.1. The number of aromatic nitrogens is 2. The Morgan fingerprint density at radius 1 is 1.32 bits per heavy atom. The second-order valence-electron chi connectivity index (χ2n) is 7.53. The van der Waals surface area contributed by atoms with Gasteiger partial charge in [-0.1, -0.05) is 12.8 Å². The number of hydrogen-bond donors (Lipinski definition) is 1. The van der Waals surface area contributed by atoms with Gasteiger partial charge in [-0.15, -0.1) is 0 Å².